The average molecular weight is 155 g/mol. The zero-order valence-corrected chi connectivity index (χ0v) is 7.13. The summed E-state index contributed by atoms with van der Waals surface area (Å²) in [6.45, 7) is 3.72. The normalized spacial score (nSPS) is 13.0. The first-order valence-corrected chi connectivity index (χ1v) is 3.50. The first kappa shape index (κ1) is 9.88. The predicted molar refractivity (Wildman–Crippen MR) is 44.9 cm³/mol. The fourth-order valence-corrected chi connectivity index (χ4v) is 0.599. The average Bonchev–Trinajstić information content (AvgIpc) is 2.03. The highest BCUT2D eigenvalue weighted by molar-refractivity contribution is 5.18. The topological polar surface area (TPSA) is 38.7 Å². The Morgan fingerprint density at radius 3 is 2.64 bits per heavy atom. The summed E-state index contributed by atoms with van der Waals surface area (Å²) in [5.74, 6) is 0.685. The molecule has 0 aliphatic carbocycles. The van der Waals surface area contributed by atoms with Crippen molar-refractivity contribution in [3.05, 3.63) is 28.5 Å². The lowest BCUT2D eigenvalue weighted by atomic mass is 10.3. The maximum Gasteiger partial charge on any atom is 0.107 e. The van der Waals surface area contributed by atoms with Crippen molar-refractivity contribution in [2.24, 2.45) is 5.18 Å². The molecule has 11 heavy (non-hydrogen) atoms. The molecule has 3 nitrogen and oxygen atoms in total. The quantitative estimate of drug-likeness (QED) is 0.355. The van der Waals surface area contributed by atoms with E-state index in [9.17, 15) is 4.91 Å². The molecule has 0 rings (SSSR count). The molecule has 0 heterocycles. The molecule has 0 atom stereocenters. The van der Waals surface area contributed by atoms with Crippen molar-refractivity contribution in [2.45, 2.75) is 20.3 Å². The number of methoxy groups -OCH3 is 1. The molecule has 0 N–H and O–H groups in total. The van der Waals surface area contributed by atoms with Gasteiger partial charge in [0.05, 0.1) is 12.9 Å². The SMILES string of the molecule is CC/C=C(\C=C(/C)OC)N=O. The summed E-state index contributed by atoms with van der Waals surface area (Å²) in [7, 11) is 1.56. The summed E-state index contributed by atoms with van der Waals surface area (Å²) >= 11 is 0. The molecule has 0 bridgehead atoms. The fraction of sp³-hybridized carbons (Fsp3) is 0.500. The molecule has 3 heteroatoms. The number of ether oxygens (including phenoxy) is 1. The van der Waals surface area contributed by atoms with Gasteiger partial charge in [0.2, 0.25) is 0 Å². The van der Waals surface area contributed by atoms with Gasteiger partial charge in [-0.15, -0.1) is 4.91 Å². The third kappa shape index (κ3) is 4.31. The largest absolute Gasteiger partial charge is 0.501 e. The van der Waals surface area contributed by atoms with Crippen LogP contribution >= 0.6 is 0 Å². The van der Waals surface area contributed by atoms with E-state index in [1.54, 1.807) is 26.2 Å². The molecule has 0 radical (unpaired) electrons. The van der Waals surface area contributed by atoms with Gasteiger partial charge in [-0.2, -0.15) is 0 Å². The lowest BCUT2D eigenvalue weighted by molar-refractivity contribution is 0.293. The second-order valence-corrected chi connectivity index (χ2v) is 2.09. The third-order valence-electron chi connectivity index (χ3n) is 1.19. The van der Waals surface area contributed by atoms with E-state index in [0.29, 0.717) is 11.5 Å². The van der Waals surface area contributed by atoms with Crippen molar-refractivity contribution in [3.63, 3.8) is 0 Å². The summed E-state index contributed by atoms with van der Waals surface area (Å²) in [6, 6.07) is 0. The van der Waals surface area contributed by atoms with Gasteiger partial charge in [0.15, 0.2) is 0 Å². The van der Waals surface area contributed by atoms with E-state index in [1.807, 2.05) is 6.92 Å². The minimum absolute atomic E-state index is 0.423. The van der Waals surface area contributed by atoms with Crippen LogP contribution in [0.1, 0.15) is 20.3 Å². The lowest BCUT2D eigenvalue weighted by Crippen LogP contribution is -1.80. The van der Waals surface area contributed by atoms with Gasteiger partial charge < -0.3 is 4.74 Å². The van der Waals surface area contributed by atoms with Crippen molar-refractivity contribution in [1.29, 1.82) is 0 Å². The summed E-state index contributed by atoms with van der Waals surface area (Å²) in [5.41, 5.74) is 0.423. The van der Waals surface area contributed by atoms with E-state index in [4.69, 9.17) is 4.74 Å². The van der Waals surface area contributed by atoms with Crippen molar-refractivity contribution in [2.75, 3.05) is 7.11 Å². The van der Waals surface area contributed by atoms with Crippen LogP contribution in [0.25, 0.3) is 0 Å². The molecule has 0 aromatic heterocycles. The zero-order valence-electron chi connectivity index (χ0n) is 7.13. The number of hydrogen-bond acceptors (Lipinski definition) is 3. The maximum absolute atomic E-state index is 10.1. The van der Waals surface area contributed by atoms with Gasteiger partial charge >= 0.3 is 0 Å². The van der Waals surface area contributed by atoms with Crippen molar-refractivity contribution >= 4 is 0 Å². The Kier molecular flexibility index (Phi) is 5.07. The Morgan fingerprint density at radius 1 is 1.64 bits per heavy atom. The van der Waals surface area contributed by atoms with Gasteiger partial charge in [0, 0.05) is 6.08 Å². The molecule has 0 aliphatic rings. The Morgan fingerprint density at radius 2 is 2.27 bits per heavy atom. The molecule has 0 spiro atoms. The minimum atomic E-state index is 0.423. The van der Waals surface area contributed by atoms with Gasteiger partial charge in [-0.1, -0.05) is 13.0 Å². The Bertz CT molecular complexity index is 183. The Balaban J connectivity index is 4.29. The van der Waals surface area contributed by atoms with Crippen LogP contribution in [0.5, 0.6) is 0 Å². The van der Waals surface area contributed by atoms with Crippen molar-refractivity contribution in [1.82, 2.24) is 0 Å². The number of nitroso groups, excluding NO2 is 1. The lowest BCUT2D eigenvalue weighted by Gasteiger charge is -1.96. The maximum atomic E-state index is 10.1. The molecule has 0 unspecified atom stereocenters. The highest BCUT2D eigenvalue weighted by Gasteiger charge is 1.91. The van der Waals surface area contributed by atoms with Crippen LogP contribution in [0.15, 0.2) is 28.8 Å². The molecule has 0 saturated carbocycles. The summed E-state index contributed by atoms with van der Waals surface area (Å²) in [6.07, 6.45) is 4.15. The van der Waals surface area contributed by atoms with Gasteiger partial charge in [-0.05, 0) is 18.5 Å². The molecule has 0 fully saturated rings. The molecular formula is C8H13NO2. The van der Waals surface area contributed by atoms with Crippen LogP contribution in [-0.2, 0) is 4.74 Å². The number of hydrogen-bond donors (Lipinski definition) is 0. The number of nitrogens with zero attached hydrogens (tertiary/aromatic N) is 1. The monoisotopic (exact) mass is 155 g/mol. The van der Waals surface area contributed by atoms with Gasteiger partial charge in [-0.25, -0.2) is 0 Å². The van der Waals surface area contributed by atoms with E-state index in [0.717, 1.165) is 6.42 Å². The second kappa shape index (κ2) is 5.65. The molecular weight excluding hydrogens is 142 g/mol. The van der Waals surface area contributed by atoms with Gasteiger partial charge in [0.25, 0.3) is 0 Å². The Hall–Kier alpha value is -1.12. The number of allylic oxidation sites excluding steroid dienone is 3. The summed E-state index contributed by atoms with van der Waals surface area (Å²) in [5, 5.41) is 2.82. The minimum Gasteiger partial charge on any atom is -0.501 e. The van der Waals surface area contributed by atoms with Crippen molar-refractivity contribution in [3.8, 4) is 0 Å². The second-order valence-electron chi connectivity index (χ2n) is 2.09. The smallest absolute Gasteiger partial charge is 0.107 e. The highest BCUT2D eigenvalue weighted by atomic mass is 16.5. The van der Waals surface area contributed by atoms with E-state index >= 15 is 0 Å². The first-order chi connectivity index (χ1) is 5.24. The van der Waals surface area contributed by atoms with E-state index < -0.39 is 0 Å². The molecule has 0 amide bonds. The zero-order chi connectivity index (χ0) is 8.69. The molecule has 0 saturated heterocycles. The van der Waals surface area contributed by atoms with E-state index in [-0.39, 0.29) is 0 Å². The van der Waals surface area contributed by atoms with Gasteiger partial charge in [0.1, 0.15) is 5.70 Å². The third-order valence-corrected chi connectivity index (χ3v) is 1.19. The van der Waals surface area contributed by atoms with Crippen LogP contribution < -0.4 is 0 Å². The van der Waals surface area contributed by atoms with E-state index in [1.165, 1.54) is 0 Å². The van der Waals surface area contributed by atoms with Crippen LogP contribution in [-0.4, -0.2) is 7.11 Å². The predicted octanol–water partition coefficient (Wildman–Crippen LogP) is 2.60. The molecule has 0 aliphatic heterocycles. The van der Waals surface area contributed by atoms with E-state index in [2.05, 4.69) is 5.18 Å². The van der Waals surface area contributed by atoms with Crippen LogP contribution in [0.4, 0.5) is 0 Å². The van der Waals surface area contributed by atoms with Crippen LogP contribution in [0.2, 0.25) is 0 Å². The standard InChI is InChI=1S/C8H13NO2/c1-4-5-8(9-10)6-7(2)11-3/h5-6H,4H2,1-3H3/b7-6+,8-5+. The van der Waals surface area contributed by atoms with Crippen LogP contribution in [0, 0.1) is 4.91 Å². The molecule has 62 valence electrons. The van der Waals surface area contributed by atoms with Gasteiger partial charge in [-0.3, -0.25) is 0 Å². The highest BCUT2D eigenvalue weighted by Crippen LogP contribution is 2.04. The first-order valence-electron chi connectivity index (χ1n) is 3.50. The fourth-order valence-electron chi connectivity index (χ4n) is 0.599. The van der Waals surface area contributed by atoms with Crippen molar-refractivity contribution < 1.29 is 4.74 Å². The number of rotatable bonds is 4. The van der Waals surface area contributed by atoms with Crippen LogP contribution in [0.3, 0.4) is 0 Å². The summed E-state index contributed by atoms with van der Waals surface area (Å²) < 4.78 is 4.85. The Labute approximate surface area is 66.7 Å². The molecule has 0 aromatic carbocycles. The summed E-state index contributed by atoms with van der Waals surface area (Å²) in [4.78, 5) is 10.1. The molecule has 0 aromatic rings.